The van der Waals surface area contributed by atoms with Crippen LogP contribution in [0.5, 0.6) is 0 Å². The van der Waals surface area contributed by atoms with Gasteiger partial charge in [0.1, 0.15) is 5.69 Å². The van der Waals surface area contributed by atoms with Crippen LogP contribution in [-0.2, 0) is 0 Å². The van der Waals surface area contributed by atoms with Crippen molar-refractivity contribution in [3.05, 3.63) is 53.1 Å². The number of hydrogen-bond acceptors (Lipinski definition) is 2. The van der Waals surface area contributed by atoms with Crippen LogP contribution in [0.4, 0.5) is 0 Å². The predicted molar refractivity (Wildman–Crippen MR) is 53.5 cm³/mol. The number of aromatic nitrogens is 2. The highest BCUT2D eigenvalue weighted by Crippen LogP contribution is 2.15. The van der Waals surface area contributed by atoms with E-state index in [1.54, 1.807) is 36.7 Å². The molecule has 0 aromatic carbocycles. The number of H-pyrrole nitrogens is 1. The molecular weight excluding hydrogens is 200 g/mol. The lowest BCUT2D eigenvalue weighted by Crippen LogP contribution is -2.04. The van der Waals surface area contributed by atoms with Gasteiger partial charge >= 0.3 is 0 Å². The number of pyridine rings is 1. The summed E-state index contributed by atoms with van der Waals surface area (Å²) in [6.07, 6.45) is 3.23. The summed E-state index contributed by atoms with van der Waals surface area (Å²) in [4.78, 5) is 18.5. The van der Waals surface area contributed by atoms with E-state index in [9.17, 15) is 4.79 Å². The van der Waals surface area contributed by atoms with Crippen molar-refractivity contribution in [1.82, 2.24) is 9.97 Å². The van der Waals surface area contributed by atoms with Crippen LogP contribution in [-0.4, -0.2) is 15.8 Å². The highest BCUT2D eigenvalue weighted by molar-refractivity contribution is 6.34. The van der Waals surface area contributed by atoms with Gasteiger partial charge in [0, 0.05) is 12.4 Å². The summed E-state index contributed by atoms with van der Waals surface area (Å²) in [5.74, 6) is -0.194. The van der Waals surface area contributed by atoms with Crippen molar-refractivity contribution in [1.29, 1.82) is 0 Å². The van der Waals surface area contributed by atoms with Crippen LogP contribution in [0.25, 0.3) is 0 Å². The highest BCUT2D eigenvalue weighted by atomic mass is 35.5. The summed E-state index contributed by atoms with van der Waals surface area (Å²) in [5.41, 5.74) is 0.766. The molecule has 3 nitrogen and oxygen atoms in total. The zero-order chi connectivity index (χ0) is 9.97. The smallest absolute Gasteiger partial charge is 0.228 e. The number of aromatic amines is 1. The van der Waals surface area contributed by atoms with Crippen molar-refractivity contribution in [2.75, 3.05) is 0 Å². The molecule has 4 heteroatoms. The Morgan fingerprint density at radius 3 is 2.86 bits per heavy atom. The van der Waals surface area contributed by atoms with E-state index in [1.807, 2.05) is 0 Å². The molecule has 0 atom stereocenters. The van der Waals surface area contributed by atoms with Crippen molar-refractivity contribution in [2.45, 2.75) is 0 Å². The Bertz CT molecular complexity index is 451. The van der Waals surface area contributed by atoms with Gasteiger partial charge in [0.15, 0.2) is 0 Å². The van der Waals surface area contributed by atoms with Crippen LogP contribution in [0.1, 0.15) is 16.2 Å². The van der Waals surface area contributed by atoms with E-state index in [-0.39, 0.29) is 11.5 Å². The second-order valence-corrected chi connectivity index (χ2v) is 3.15. The number of halogens is 1. The van der Waals surface area contributed by atoms with E-state index in [0.29, 0.717) is 10.7 Å². The number of carbonyl (C=O) groups is 1. The highest BCUT2D eigenvalue weighted by Gasteiger charge is 2.13. The quantitative estimate of drug-likeness (QED) is 0.767. The third kappa shape index (κ3) is 1.54. The maximum Gasteiger partial charge on any atom is 0.228 e. The van der Waals surface area contributed by atoms with E-state index in [0.717, 1.165) is 0 Å². The maximum absolute atomic E-state index is 11.8. The third-order valence-corrected chi connectivity index (χ3v) is 2.12. The zero-order valence-corrected chi connectivity index (χ0v) is 7.95. The van der Waals surface area contributed by atoms with Crippen molar-refractivity contribution in [3.8, 4) is 0 Å². The lowest BCUT2D eigenvalue weighted by Gasteiger charge is -1.99. The third-order valence-electron chi connectivity index (χ3n) is 1.82. The molecular formula is C10H7ClN2O. The lowest BCUT2D eigenvalue weighted by molar-refractivity contribution is 0.103. The molecule has 14 heavy (non-hydrogen) atoms. The minimum absolute atomic E-state index is 0.194. The van der Waals surface area contributed by atoms with Crippen LogP contribution < -0.4 is 0 Å². The van der Waals surface area contributed by atoms with E-state index in [4.69, 9.17) is 11.6 Å². The van der Waals surface area contributed by atoms with Crippen molar-refractivity contribution in [2.24, 2.45) is 0 Å². The maximum atomic E-state index is 11.8. The van der Waals surface area contributed by atoms with Crippen molar-refractivity contribution >= 4 is 17.4 Å². The van der Waals surface area contributed by atoms with Gasteiger partial charge in [-0.05, 0) is 24.3 Å². The first-order valence-electron chi connectivity index (χ1n) is 4.07. The number of hydrogen-bond donors (Lipinski definition) is 1. The van der Waals surface area contributed by atoms with E-state index < -0.39 is 0 Å². The number of carbonyl (C=O) groups excluding carboxylic acids is 1. The fourth-order valence-electron chi connectivity index (χ4n) is 1.15. The molecule has 0 bridgehead atoms. The molecule has 0 saturated heterocycles. The Kier molecular flexibility index (Phi) is 2.33. The molecule has 0 saturated carbocycles. The standard InChI is InChI=1S/C10H7ClN2O/c11-7-3-1-6-13-9(7)10(14)8-4-2-5-12-8/h1-6,12H. The van der Waals surface area contributed by atoms with Gasteiger partial charge in [-0.3, -0.25) is 9.78 Å². The minimum atomic E-state index is -0.194. The van der Waals surface area contributed by atoms with Gasteiger partial charge in [-0.1, -0.05) is 11.6 Å². The molecule has 0 spiro atoms. The molecule has 2 heterocycles. The Balaban J connectivity index is 2.42. The lowest BCUT2D eigenvalue weighted by atomic mass is 10.2. The van der Waals surface area contributed by atoms with Gasteiger partial charge in [-0.15, -0.1) is 0 Å². The first-order valence-corrected chi connectivity index (χ1v) is 4.45. The van der Waals surface area contributed by atoms with Gasteiger partial charge in [0.05, 0.1) is 10.7 Å². The minimum Gasteiger partial charge on any atom is -0.358 e. The van der Waals surface area contributed by atoms with Crippen LogP contribution in [0.2, 0.25) is 5.02 Å². The molecule has 2 aromatic rings. The molecule has 0 aliphatic carbocycles. The summed E-state index contributed by atoms with van der Waals surface area (Å²) in [6, 6.07) is 6.77. The van der Waals surface area contributed by atoms with Crippen LogP contribution in [0, 0.1) is 0 Å². The van der Waals surface area contributed by atoms with E-state index in [1.165, 1.54) is 0 Å². The van der Waals surface area contributed by atoms with Crippen molar-refractivity contribution in [3.63, 3.8) is 0 Å². The van der Waals surface area contributed by atoms with Gasteiger partial charge < -0.3 is 4.98 Å². The fourth-order valence-corrected chi connectivity index (χ4v) is 1.36. The van der Waals surface area contributed by atoms with Crippen LogP contribution in [0.15, 0.2) is 36.7 Å². The Morgan fingerprint density at radius 1 is 1.36 bits per heavy atom. The number of nitrogens with one attached hydrogen (secondary N) is 1. The van der Waals surface area contributed by atoms with Gasteiger partial charge in [-0.2, -0.15) is 0 Å². The monoisotopic (exact) mass is 206 g/mol. The second-order valence-electron chi connectivity index (χ2n) is 2.75. The summed E-state index contributed by atoms with van der Waals surface area (Å²) in [7, 11) is 0. The van der Waals surface area contributed by atoms with Gasteiger partial charge in [-0.25, -0.2) is 0 Å². The molecule has 1 N–H and O–H groups in total. The average molecular weight is 207 g/mol. The molecule has 0 fully saturated rings. The van der Waals surface area contributed by atoms with Crippen molar-refractivity contribution < 1.29 is 4.79 Å². The van der Waals surface area contributed by atoms with Gasteiger partial charge in [0.2, 0.25) is 5.78 Å². The normalized spacial score (nSPS) is 10.1. The Labute approximate surface area is 85.7 Å². The molecule has 0 aliphatic heterocycles. The molecule has 2 aromatic heterocycles. The molecule has 0 unspecified atom stereocenters. The molecule has 0 radical (unpaired) electrons. The molecule has 0 amide bonds. The first kappa shape index (κ1) is 8.97. The van der Waals surface area contributed by atoms with Crippen LogP contribution >= 0.6 is 11.6 Å². The summed E-state index contributed by atoms with van der Waals surface area (Å²) in [6.45, 7) is 0. The Hall–Kier alpha value is -1.61. The predicted octanol–water partition coefficient (Wildman–Crippen LogP) is 2.29. The molecule has 70 valence electrons. The number of ketones is 1. The van der Waals surface area contributed by atoms with Crippen LogP contribution in [0.3, 0.4) is 0 Å². The number of rotatable bonds is 2. The van der Waals surface area contributed by atoms with Gasteiger partial charge in [0.25, 0.3) is 0 Å². The Morgan fingerprint density at radius 2 is 2.21 bits per heavy atom. The largest absolute Gasteiger partial charge is 0.358 e. The topological polar surface area (TPSA) is 45.8 Å². The average Bonchev–Trinajstić information content (AvgIpc) is 2.70. The SMILES string of the molecule is O=C(c1ccc[nH]1)c1ncccc1Cl. The summed E-state index contributed by atoms with van der Waals surface area (Å²) < 4.78 is 0. The first-order chi connectivity index (χ1) is 6.79. The second kappa shape index (κ2) is 3.64. The number of nitrogens with zero attached hydrogens (tertiary/aromatic N) is 1. The molecule has 0 aliphatic rings. The summed E-state index contributed by atoms with van der Waals surface area (Å²) in [5, 5.41) is 0.368. The zero-order valence-electron chi connectivity index (χ0n) is 7.20. The molecule has 2 rings (SSSR count). The van der Waals surface area contributed by atoms with E-state index in [2.05, 4.69) is 9.97 Å². The fraction of sp³-hybridized carbons (Fsp3) is 0. The van der Waals surface area contributed by atoms with E-state index >= 15 is 0 Å². The summed E-state index contributed by atoms with van der Waals surface area (Å²) >= 11 is 5.84.